The van der Waals surface area contributed by atoms with Crippen molar-refractivity contribution >= 4 is 17.8 Å². The monoisotopic (exact) mass is 304 g/mol. The second-order valence-electron chi connectivity index (χ2n) is 4.48. The molecule has 2 N–H and O–H groups in total. The number of carbonyl (C=O) groups excluding carboxylic acids is 3. The molecule has 1 rings (SSSR count). The molecular weight excluding hydrogens is 284 g/mol. The largest absolute Gasteiger partial charge is 0.427 e. The molecule has 6 nitrogen and oxygen atoms in total. The third-order valence-electron chi connectivity index (χ3n) is 2.57. The smallest absolute Gasteiger partial charge is 0.308 e. The van der Waals surface area contributed by atoms with Crippen molar-refractivity contribution in [1.29, 1.82) is 0 Å². The Morgan fingerprint density at radius 2 is 1.91 bits per heavy atom. The van der Waals surface area contributed by atoms with Crippen LogP contribution in [0.25, 0.3) is 0 Å². The summed E-state index contributed by atoms with van der Waals surface area (Å²) in [6.45, 7) is 3.88. The lowest BCUT2D eigenvalue weighted by atomic mass is 10.2. The summed E-state index contributed by atoms with van der Waals surface area (Å²) in [5, 5.41) is 5.32. The van der Waals surface area contributed by atoms with Gasteiger partial charge in [-0.15, -0.1) is 0 Å². The first-order valence-corrected chi connectivity index (χ1v) is 7.04. The second-order valence-corrected chi connectivity index (χ2v) is 4.48. The van der Waals surface area contributed by atoms with E-state index in [1.807, 2.05) is 6.92 Å². The first-order chi connectivity index (χ1) is 10.5. The zero-order valence-electron chi connectivity index (χ0n) is 12.7. The topological polar surface area (TPSA) is 84.5 Å². The van der Waals surface area contributed by atoms with Crippen molar-refractivity contribution in [3.05, 3.63) is 42.0 Å². The third-order valence-corrected chi connectivity index (χ3v) is 2.57. The molecule has 0 aromatic heterocycles. The van der Waals surface area contributed by atoms with Gasteiger partial charge in [0.15, 0.2) is 0 Å². The van der Waals surface area contributed by atoms with Crippen LogP contribution in [0.2, 0.25) is 0 Å². The van der Waals surface area contributed by atoms with E-state index in [4.69, 9.17) is 4.74 Å². The maximum Gasteiger partial charge on any atom is 0.308 e. The number of amides is 2. The molecular formula is C16H20N2O4. The highest BCUT2D eigenvalue weighted by Crippen LogP contribution is 2.13. The highest BCUT2D eigenvalue weighted by molar-refractivity contribution is 5.94. The summed E-state index contributed by atoms with van der Waals surface area (Å²) in [4.78, 5) is 34.1. The molecule has 1 aromatic rings. The van der Waals surface area contributed by atoms with Gasteiger partial charge in [0.1, 0.15) is 5.75 Å². The first-order valence-electron chi connectivity index (χ1n) is 7.04. The average Bonchev–Trinajstić information content (AvgIpc) is 2.49. The molecule has 1 aromatic carbocycles. The summed E-state index contributed by atoms with van der Waals surface area (Å²) in [5.74, 6) is -0.612. The van der Waals surface area contributed by atoms with Crippen LogP contribution < -0.4 is 15.4 Å². The van der Waals surface area contributed by atoms with Crippen molar-refractivity contribution in [1.82, 2.24) is 10.6 Å². The van der Waals surface area contributed by atoms with Crippen LogP contribution in [0, 0.1) is 0 Å². The Morgan fingerprint density at radius 3 is 2.59 bits per heavy atom. The van der Waals surface area contributed by atoms with Gasteiger partial charge in [0.05, 0.1) is 0 Å². The maximum absolute atomic E-state index is 11.9. The fraction of sp³-hybridized carbons (Fsp3) is 0.312. The molecule has 0 unspecified atom stereocenters. The Bertz CT molecular complexity index is 567. The molecule has 0 aliphatic carbocycles. The van der Waals surface area contributed by atoms with Gasteiger partial charge in [-0.2, -0.15) is 0 Å². The second kappa shape index (κ2) is 9.33. The molecule has 0 bridgehead atoms. The predicted octanol–water partition coefficient (Wildman–Crippen LogP) is 1.42. The zero-order valence-corrected chi connectivity index (χ0v) is 12.7. The Morgan fingerprint density at radius 1 is 1.18 bits per heavy atom. The van der Waals surface area contributed by atoms with Crippen LogP contribution in [0.1, 0.15) is 30.6 Å². The number of allylic oxidation sites excluding steroid dienone is 1. The van der Waals surface area contributed by atoms with E-state index in [1.165, 1.54) is 19.1 Å². The Labute approximate surface area is 129 Å². The molecule has 0 fully saturated rings. The molecule has 2 amide bonds. The average molecular weight is 304 g/mol. The minimum Gasteiger partial charge on any atom is -0.427 e. The highest BCUT2D eigenvalue weighted by Gasteiger charge is 2.07. The van der Waals surface area contributed by atoms with E-state index in [1.54, 1.807) is 24.3 Å². The highest BCUT2D eigenvalue weighted by atomic mass is 16.5. The standard InChI is InChI=1S/C16H20N2O4/c1-3-4-8-15(20)17-9-10-18-16(21)13-6-5-7-14(11-13)22-12(2)19/h4-8,11H,3,9-10H2,1-2H3,(H,17,20)(H,18,21)/b8-4+. The molecule has 0 heterocycles. The number of ether oxygens (including phenoxy) is 1. The van der Waals surface area contributed by atoms with E-state index in [9.17, 15) is 14.4 Å². The number of rotatable bonds is 7. The van der Waals surface area contributed by atoms with Gasteiger partial charge in [-0.1, -0.05) is 19.1 Å². The molecule has 0 atom stereocenters. The van der Waals surface area contributed by atoms with Crippen molar-refractivity contribution in [3.63, 3.8) is 0 Å². The van der Waals surface area contributed by atoms with Crippen molar-refractivity contribution < 1.29 is 19.1 Å². The molecule has 0 spiro atoms. The maximum atomic E-state index is 11.9. The van der Waals surface area contributed by atoms with E-state index in [2.05, 4.69) is 10.6 Å². The summed E-state index contributed by atoms with van der Waals surface area (Å²) in [5.41, 5.74) is 0.385. The van der Waals surface area contributed by atoms with Gasteiger partial charge in [0, 0.05) is 25.6 Å². The van der Waals surface area contributed by atoms with Gasteiger partial charge in [0.25, 0.3) is 5.91 Å². The molecule has 0 radical (unpaired) electrons. The lowest BCUT2D eigenvalue weighted by Gasteiger charge is -2.07. The molecule has 0 saturated heterocycles. The van der Waals surface area contributed by atoms with Crippen LogP contribution in [-0.4, -0.2) is 30.9 Å². The summed E-state index contributed by atoms with van der Waals surface area (Å²) in [7, 11) is 0. The van der Waals surface area contributed by atoms with E-state index in [-0.39, 0.29) is 11.8 Å². The Hall–Kier alpha value is -2.63. The van der Waals surface area contributed by atoms with Crippen LogP contribution in [0.3, 0.4) is 0 Å². The summed E-state index contributed by atoms with van der Waals surface area (Å²) in [6.07, 6.45) is 4.02. The van der Waals surface area contributed by atoms with Gasteiger partial charge < -0.3 is 15.4 Å². The first kappa shape index (κ1) is 17.4. The quantitative estimate of drug-likeness (QED) is 0.345. The van der Waals surface area contributed by atoms with Gasteiger partial charge in [-0.3, -0.25) is 14.4 Å². The van der Waals surface area contributed by atoms with Crippen molar-refractivity contribution in [2.24, 2.45) is 0 Å². The molecule has 6 heteroatoms. The van der Waals surface area contributed by atoms with Crippen molar-refractivity contribution in [2.75, 3.05) is 13.1 Å². The number of hydrogen-bond donors (Lipinski definition) is 2. The van der Waals surface area contributed by atoms with Gasteiger partial charge in [-0.05, 0) is 30.7 Å². The predicted molar refractivity (Wildman–Crippen MR) is 82.5 cm³/mol. The van der Waals surface area contributed by atoms with Gasteiger partial charge in [0.2, 0.25) is 5.91 Å². The summed E-state index contributed by atoms with van der Waals surface area (Å²) in [6, 6.07) is 6.33. The van der Waals surface area contributed by atoms with E-state index >= 15 is 0 Å². The molecule has 0 aliphatic rings. The lowest BCUT2D eigenvalue weighted by Crippen LogP contribution is -2.34. The summed E-state index contributed by atoms with van der Waals surface area (Å²) < 4.78 is 4.92. The Kier molecular flexibility index (Phi) is 7.39. The third kappa shape index (κ3) is 6.69. The number of esters is 1. The molecule has 118 valence electrons. The fourth-order valence-electron chi connectivity index (χ4n) is 1.61. The molecule has 22 heavy (non-hydrogen) atoms. The van der Waals surface area contributed by atoms with Crippen molar-refractivity contribution in [2.45, 2.75) is 20.3 Å². The molecule has 0 aliphatic heterocycles. The number of nitrogens with one attached hydrogen (secondary N) is 2. The fourth-order valence-corrected chi connectivity index (χ4v) is 1.61. The van der Waals surface area contributed by atoms with Gasteiger partial charge in [-0.25, -0.2) is 0 Å². The minimum atomic E-state index is -0.444. The number of hydrogen-bond acceptors (Lipinski definition) is 4. The van der Waals surface area contributed by atoms with Crippen LogP contribution in [0.15, 0.2) is 36.4 Å². The lowest BCUT2D eigenvalue weighted by molar-refractivity contribution is -0.131. The van der Waals surface area contributed by atoms with Crippen LogP contribution in [0.4, 0.5) is 0 Å². The van der Waals surface area contributed by atoms with E-state index in [0.717, 1.165) is 6.42 Å². The minimum absolute atomic E-state index is 0.187. The van der Waals surface area contributed by atoms with Crippen LogP contribution >= 0.6 is 0 Å². The molecule has 0 saturated carbocycles. The number of carbonyl (C=O) groups is 3. The van der Waals surface area contributed by atoms with Crippen LogP contribution in [-0.2, 0) is 9.59 Å². The SMILES string of the molecule is CC/C=C/C(=O)NCCNC(=O)c1cccc(OC(C)=O)c1. The summed E-state index contributed by atoms with van der Waals surface area (Å²) >= 11 is 0. The van der Waals surface area contributed by atoms with E-state index in [0.29, 0.717) is 24.4 Å². The zero-order chi connectivity index (χ0) is 16.4. The number of benzene rings is 1. The Balaban J connectivity index is 2.41. The van der Waals surface area contributed by atoms with Crippen LogP contribution in [0.5, 0.6) is 5.75 Å². The van der Waals surface area contributed by atoms with E-state index < -0.39 is 5.97 Å². The normalized spacial score (nSPS) is 10.3. The van der Waals surface area contributed by atoms with Crippen molar-refractivity contribution in [3.8, 4) is 5.75 Å². The van der Waals surface area contributed by atoms with Gasteiger partial charge >= 0.3 is 5.97 Å².